The molecular weight excluding hydrogens is 340 g/mol. The maximum Gasteiger partial charge on any atom is 0.277 e. The van der Waals surface area contributed by atoms with Crippen molar-refractivity contribution in [3.63, 3.8) is 0 Å². The fraction of sp³-hybridized carbons (Fsp3) is 0.176. The van der Waals surface area contributed by atoms with E-state index in [9.17, 15) is 0 Å². The van der Waals surface area contributed by atoms with Crippen LogP contribution in [0, 0.1) is 13.8 Å². The summed E-state index contributed by atoms with van der Waals surface area (Å²) in [6, 6.07) is 9.70. The first-order chi connectivity index (χ1) is 12.2. The second-order valence-electron chi connectivity index (χ2n) is 5.38. The van der Waals surface area contributed by atoms with Crippen LogP contribution in [0.1, 0.15) is 17.2 Å². The van der Waals surface area contributed by atoms with E-state index in [0.29, 0.717) is 28.6 Å². The highest BCUT2D eigenvalue weighted by Crippen LogP contribution is 2.28. The molecule has 4 aromatic rings. The standard InChI is InChI=1S/C17H14N4O3S/c1-10-5-3-4-6-12(10)15-18-14(24-21-15)9-25-17-20-19-16(23-17)13-7-8-22-11(13)2/h3-8H,9H2,1-2H3. The van der Waals surface area contributed by atoms with Gasteiger partial charge in [0, 0.05) is 5.56 Å². The van der Waals surface area contributed by atoms with Crippen LogP contribution >= 0.6 is 11.8 Å². The van der Waals surface area contributed by atoms with Crippen molar-refractivity contribution in [3.8, 4) is 22.8 Å². The molecule has 0 bridgehead atoms. The van der Waals surface area contributed by atoms with Crippen LogP contribution in [0.5, 0.6) is 0 Å². The predicted octanol–water partition coefficient (Wildman–Crippen LogP) is 4.29. The Morgan fingerprint density at radius 2 is 1.92 bits per heavy atom. The quantitative estimate of drug-likeness (QED) is 0.490. The average molecular weight is 354 g/mol. The van der Waals surface area contributed by atoms with Gasteiger partial charge >= 0.3 is 0 Å². The molecule has 0 aliphatic rings. The fourth-order valence-corrected chi connectivity index (χ4v) is 2.95. The monoisotopic (exact) mass is 354 g/mol. The third-order valence-corrected chi connectivity index (χ3v) is 4.47. The molecule has 25 heavy (non-hydrogen) atoms. The van der Waals surface area contributed by atoms with Gasteiger partial charge in [-0.05, 0) is 25.5 Å². The van der Waals surface area contributed by atoms with Gasteiger partial charge in [-0.3, -0.25) is 0 Å². The molecule has 0 aliphatic carbocycles. The van der Waals surface area contributed by atoms with Gasteiger partial charge in [0.15, 0.2) is 0 Å². The Balaban J connectivity index is 1.45. The van der Waals surface area contributed by atoms with E-state index in [2.05, 4.69) is 20.3 Å². The molecule has 0 saturated heterocycles. The lowest BCUT2D eigenvalue weighted by Crippen LogP contribution is -1.85. The van der Waals surface area contributed by atoms with Crippen molar-refractivity contribution in [1.82, 2.24) is 20.3 Å². The van der Waals surface area contributed by atoms with Crippen LogP contribution in [0.2, 0.25) is 0 Å². The van der Waals surface area contributed by atoms with Crippen LogP contribution in [0.4, 0.5) is 0 Å². The first kappa shape index (κ1) is 15.6. The molecule has 0 atom stereocenters. The lowest BCUT2D eigenvalue weighted by atomic mass is 10.1. The number of aryl methyl sites for hydroxylation is 2. The molecule has 0 unspecified atom stereocenters. The van der Waals surface area contributed by atoms with Gasteiger partial charge in [0.2, 0.25) is 11.7 Å². The van der Waals surface area contributed by atoms with Crippen LogP contribution in [0.25, 0.3) is 22.8 Å². The number of benzene rings is 1. The van der Waals surface area contributed by atoms with Crippen LogP contribution < -0.4 is 0 Å². The van der Waals surface area contributed by atoms with E-state index in [4.69, 9.17) is 13.4 Å². The topological polar surface area (TPSA) is 91.0 Å². The molecule has 0 radical (unpaired) electrons. The third-order valence-electron chi connectivity index (χ3n) is 3.67. The van der Waals surface area contributed by atoms with Gasteiger partial charge in [-0.1, -0.05) is 41.2 Å². The maximum absolute atomic E-state index is 5.63. The molecule has 4 rings (SSSR count). The molecule has 0 spiro atoms. The van der Waals surface area contributed by atoms with Gasteiger partial charge in [0.25, 0.3) is 11.1 Å². The number of hydrogen-bond acceptors (Lipinski definition) is 8. The highest BCUT2D eigenvalue weighted by Gasteiger charge is 2.15. The van der Waals surface area contributed by atoms with Crippen molar-refractivity contribution < 1.29 is 13.4 Å². The van der Waals surface area contributed by atoms with E-state index >= 15 is 0 Å². The largest absolute Gasteiger partial charge is 0.469 e. The molecule has 0 amide bonds. The summed E-state index contributed by atoms with van der Waals surface area (Å²) in [5, 5.41) is 12.5. The highest BCUT2D eigenvalue weighted by molar-refractivity contribution is 7.98. The number of aromatic nitrogens is 4. The molecule has 0 saturated carbocycles. The highest BCUT2D eigenvalue weighted by atomic mass is 32.2. The Morgan fingerprint density at radius 3 is 2.72 bits per heavy atom. The Kier molecular flexibility index (Phi) is 4.10. The number of furan rings is 1. The summed E-state index contributed by atoms with van der Waals surface area (Å²) in [7, 11) is 0. The summed E-state index contributed by atoms with van der Waals surface area (Å²) in [5.41, 5.74) is 2.84. The van der Waals surface area contributed by atoms with Gasteiger partial charge in [0.1, 0.15) is 5.76 Å². The Bertz CT molecular complexity index is 1000. The van der Waals surface area contributed by atoms with Gasteiger partial charge in [-0.15, -0.1) is 10.2 Å². The molecule has 3 aromatic heterocycles. The average Bonchev–Trinajstić information content (AvgIpc) is 3.33. The Morgan fingerprint density at radius 1 is 1.04 bits per heavy atom. The lowest BCUT2D eigenvalue weighted by molar-refractivity contribution is 0.391. The summed E-state index contributed by atoms with van der Waals surface area (Å²) in [5.74, 6) is 2.70. The molecule has 126 valence electrons. The molecule has 0 N–H and O–H groups in total. The van der Waals surface area contributed by atoms with Crippen LogP contribution in [0.15, 0.2) is 55.2 Å². The van der Waals surface area contributed by atoms with Gasteiger partial charge in [0.05, 0.1) is 17.6 Å². The minimum atomic E-state index is 0.430. The zero-order valence-electron chi connectivity index (χ0n) is 13.6. The van der Waals surface area contributed by atoms with Crippen molar-refractivity contribution in [1.29, 1.82) is 0 Å². The van der Waals surface area contributed by atoms with Crippen molar-refractivity contribution in [2.75, 3.05) is 0 Å². The SMILES string of the molecule is Cc1ccccc1-c1noc(CSc2nnc(-c3ccoc3C)o2)n1. The summed E-state index contributed by atoms with van der Waals surface area (Å²) >= 11 is 1.34. The number of rotatable bonds is 5. The second-order valence-corrected chi connectivity index (χ2v) is 6.31. The van der Waals surface area contributed by atoms with Crippen molar-refractivity contribution in [3.05, 3.63) is 53.8 Å². The summed E-state index contributed by atoms with van der Waals surface area (Å²) in [6.07, 6.45) is 1.59. The molecule has 1 aromatic carbocycles. The summed E-state index contributed by atoms with van der Waals surface area (Å²) < 4.78 is 16.2. The van der Waals surface area contributed by atoms with Crippen LogP contribution in [0.3, 0.4) is 0 Å². The van der Waals surface area contributed by atoms with E-state index in [1.165, 1.54) is 11.8 Å². The smallest absolute Gasteiger partial charge is 0.277 e. The summed E-state index contributed by atoms with van der Waals surface area (Å²) in [6.45, 7) is 3.86. The third kappa shape index (κ3) is 3.20. The first-order valence-electron chi connectivity index (χ1n) is 7.60. The molecular formula is C17H14N4O3S. The number of nitrogens with zero attached hydrogens (tertiary/aromatic N) is 4. The predicted molar refractivity (Wildman–Crippen MR) is 90.8 cm³/mol. The zero-order chi connectivity index (χ0) is 17.2. The first-order valence-corrected chi connectivity index (χ1v) is 8.58. The zero-order valence-corrected chi connectivity index (χ0v) is 14.4. The van der Waals surface area contributed by atoms with Gasteiger partial charge in [-0.2, -0.15) is 4.98 Å². The van der Waals surface area contributed by atoms with Crippen LogP contribution in [-0.2, 0) is 5.75 Å². The Hall–Kier alpha value is -2.87. The van der Waals surface area contributed by atoms with Crippen molar-refractivity contribution >= 4 is 11.8 Å². The lowest BCUT2D eigenvalue weighted by Gasteiger charge is -1.97. The summed E-state index contributed by atoms with van der Waals surface area (Å²) in [4.78, 5) is 4.42. The van der Waals surface area contributed by atoms with Crippen molar-refractivity contribution in [2.45, 2.75) is 24.8 Å². The minimum absolute atomic E-state index is 0.430. The van der Waals surface area contributed by atoms with E-state index in [1.54, 1.807) is 12.3 Å². The number of hydrogen-bond donors (Lipinski definition) is 0. The van der Waals surface area contributed by atoms with Gasteiger partial charge in [-0.25, -0.2) is 0 Å². The number of thioether (sulfide) groups is 1. The minimum Gasteiger partial charge on any atom is -0.469 e. The molecule has 7 nitrogen and oxygen atoms in total. The van der Waals surface area contributed by atoms with E-state index in [1.807, 2.05) is 38.1 Å². The normalized spacial score (nSPS) is 11.1. The van der Waals surface area contributed by atoms with E-state index in [-0.39, 0.29) is 0 Å². The van der Waals surface area contributed by atoms with Crippen LogP contribution in [-0.4, -0.2) is 20.3 Å². The van der Waals surface area contributed by atoms with Crippen molar-refractivity contribution in [2.24, 2.45) is 0 Å². The van der Waals surface area contributed by atoms with E-state index < -0.39 is 0 Å². The Labute approximate surface area is 147 Å². The van der Waals surface area contributed by atoms with E-state index in [0.717, 1.165) is 22.5 Å². The maximum atomic E-state index is 5.63. The molecule has 3 heterocycles. The molecule has 0 aliphatic heterocycles. The molecule has 8 heteroatoms. The fourth-order valence-electron chi connectivity index (χ4n) is 2.35. The second kappa shape index (κ2) is 6.56. The van der Waals surface area contributed by atoms with Gasteiger partial charge < -0.3 is 13.4 Å². The molecule has 0 fully saturated rings.